The van der Waals surface area contributed by atoms with Gasteiger partial charge in [-0.05, 0) is 37.6 Å². The highest BCUT2D eigenvalue weighted by Gasteiger charge is 2.28. The molecule has 0 spiro atoms. The maximum absolute atomic E-state index is 12.1. The summed E-state index contributed by atoms with van der Waals surface area (Å²) >= 11 is 0. The Balaban J connectivity index is 1.82. The van der Waals surface area contributed by atoms with Crippen molar-refractivity contribution in [2.75, 3.05) is 6.54 Å². The number of aromatic nitrogens is 3. The Morgan fingerprint density at radius 2 is 2.29 bits per heavy atom. The molecule has 1 aromatic rings. The number of aryl methyl sites for hydroxylation is 1. The molecule has 6 heteroatoms. The van der Waals surface area contributed by atoms with Crippen LogP contribution in [0.4, 0.5) is 0 Å². The van der Waals surface area contributed by atoms with E-state index < -0.39 is 0 Å². The molecule has 3 atom stereocenters. The monoisotopic (exact) mass is 293 g/mol. The number of nitrogens with two attached hydrogens (primary N) is 1. The minimum Gasteiger partial charge on any atom is -0.351 e. The Hall–Kier alpha value is -1.43. The van der Waals surface area contributed by atoms with E-state index in [1.54, 1.807) is 4.68 Å². The van der Waals surface area contributed by atoms with Gasteiger partial charge in [0.1, 0.15) is 6.54 Å². The summed E-state index contributed by atoms with van der Waals surface area (Å²) < 4.78 is 1.61. The summed E-state index contributed by atoms with van der Waals surface area (Å²) in [7, 11) is 0. The van der Waals surface area contributed by atoms with Crippen molar-refractivity contribution in [3.05, 3.63) is 11.9 Å². The van der Waals surface area contributed by atoms with Gasteiger partial charge in [-0.25, -0.2) is 4.68 Å². The lowest BCUT2D eigenvalue weighted by atomic mass is 9.78. The predicted molar refractivity (Wildman–Crippen MR) is 81.5 cm³/mol. The van der Waals surface area contributed by atoms with E-state index in [0.717, 1.165) is 25.0 Å². The van der Waals surface area contributed by atoms with E-state index in [1.807, 2.05) is 6.20 Å². The lowest BCUT2D eigenvalue weighted by molar-refractivity contribution is -0.123. The fraction of sp³-hybridized carbons (Fsp3) is 0.800. The maximum atomic E-state index is 12.1. The number of hydrogen-bond acceptors (Lipinski definition) is 4. The van der Waals surface area contributed by atoms with Crippen LogP contribution in [0, 0.1) is 11.8 Å². The van der Waals surface area contributed by atoms with Crippen LogP contribution in [0.15, 0.2) is 6.20 Å². The molecule has 1 aromatic heterocycles. The van der Waals surface area contributed by atoms with Crippen molar-refractivity contribution in [2.24, 2.45) is 17.6 Å². The first-order valence-electron chi connectivity index (χ1n) is 7.98. The standard InChI is InChI=1S/C15H27N5O/c1-11-5-3-7-14(12(11)2)17-15(21)10-20-9-13(18-19-20)6-4-8-16/h9,11-12,14H,3-8,10,16H2,1-2H3,(H,17,21). The van der Waals surface area contributed by atoms with Crippen molar-refractivity contribution in [1.29, 1.82) is 0 Å². The zero-order valence-corrected chi connectivity index (χ0v) is 13.1. The average molecular weight is 293 g/mol. The largest absolute Gasteiger partial charge is 0.351 e. The first-order chi connectivity index (χ1) is 10.1. The quantitative estimate of drug-likeness (QED) is 0.822. The number of amides is 1. The smallest absolute Gasteiger partial charge is 0.242 e. The molecule has 0 aromatic carbocycles. The van der Waals surface area contributed by atoms with E-state index in [0.29, 0.717) is 24.4 Å². The van der Waals surface area contributed by atoms with E-state index >= 15 is 0 Å². The highest BCUT2D eigenvalue weighted by Crippen LogP contribution is 2.29. The molecule has 0 bridgehead atoms. The van der Waals surface area contributed by atoms with Gasteiger partial charge in [-0.2, -0.15) is 0 Å². The number of nitrogens with zero attached hydrogens (tertiary/aromatic N) is 3. The number of carbonyl (C=O) groups is 1. The van der Waals surface area contributed by atoms with Crippen molar-refractivity contribution in [3.8, 4) is 0 Å². The number of carbonyl (C=O) groups excluding carboxylic acids is 1. The third kappa shape index (κ3) is 4.52. The third-order valence-electron chi connectivity index (χ3n) is 4.58. The Morgan fingerprint density at radius 1 is 1.48 bits per heavy atom. The Kier molecular flexibility index (Phi) is 5.73. The fourth-order valence-electron chi connectivity index (χ4n) is 3.00. The second kappa shape index (κ2) is 7.54. The van der Waals surface area contributed by atoms with Crippen LogP contribution in [0.2, 0.25) is 0 Å². The van der Waals surface area contributed by atoms with Crippen LogP contribution in [-0.4, -0.2) is 33.5 Å². The van der Waals surface area contributed by atoms with Crippen LogP contribution in [0.1, 0.15) is 45.2 Å². The molecule has 0 radical (unpaired) electrons. The van der Waals surface area contributed by atoms with Crippen LogP contribution in [0.25, 0.3) is 0 Å². The summed E-state index contributed by atoms with van der Waals surface area (Å²) in [6, 6.07) is 0.293. The van der Waals surface area contributed by atoms with Crippen LogP contribution in [0.3, 0.4) is 0 Å². The molecule has 1 saturated carbocycles. The number of nitrogens with one attached hydrogen (secondary N) is 1. The first-order valence-corrected chi connectivity index (χ1v) is 7.98. The zero-order valence-electron chi connectivity index (χ0n) is 13.1. The van der Waals surface area contributed by atoms with Crippen LogP contribution >= 0.6 is 0 Å². The molecule has 1 aliphatic rings. The van der Waals surface area contributed by atoms with Crippen molar-refractivity contribution in [1.82, 2.24) is 20.3 Å². The van der Waals surface area contributed by atoms with E-state index in [1.165, 1.54) is 12.8 Å². The molecular weight excluding hydrogens is 266 g/mol. The number of rotatable bonds is 6. The molecule has 2 rings (SSSR count). The molecular formula is C15H27N5O. The third-order valence-corrected chi connectivity index (χ3v) is 4.58. The maximum Gasteiger partial charge on any atom is 0.242 e. The summed E-state index contributed by atoms with van der Waals surface area (Å²) in [6.07, 6.45) is 7.08. The van der Waals surface area contributed by atoms with Crippen LogP contribution in [0.5, 0.6) is 0 Å². The van der Waals surface area contributed by atoms with Gasteiger partial charge in [-0.1, -0.05) is 31.9 Å². The van der Waals surface area contributed by atoms with E-state index in [9.17, 15) is 4.79 Å². The van der Waals surface area contributed by atoms with Gasteiger partial charge in [0.05, 0.1) is 5.69 Å². The SMILES string of the molecule is CC1CCCC(NC(=O)Cn2cc(CCCN)nn2)C1C. The van der Waals surface area contributed by atoms with E-state index in [4.69, 9.17) is 5.73 Å². The minimum atomic E-state index is 0.0243. The molecule has 1 amide bonds. The van der Waals surface area contributed by atoms with Gasteiger partial charge in [0.15, 0.2) is 0 Å². The normalized spacial score (nSPS) is 25.8. The van der Waals surface area contributed by atoms with Gasteiger partial charge >= 0.3 is 0 Å². The molecule has 118 valence electrons. The molecule has 3 N–H and O–H groups in total. The molecule has 1 heterocycles. The second-order valence-electron chi connectivity index (χ2n) is 6.24. The van der Waals surface area contributed by atoms with Crippen LogP contribution in [-0.2, 0) is 17.8 Å². The molecule has 21 heavy (non-hydrogen) atoms. The lowest BCUT2D eigenvalue weighted by Crippen LogP contribution is -2.44. The van der Waals surface area contributed by atoms with Crippen molar-refractivity contribution < 1.29 is 4.79 Å². The first kappa shape index (κ1) is 15.9. The summed E-state index contributed by atoms with van der Waals surface area (Å²) in [5.41, 5.74) is 6.37. The van der Waals surface area contributed by atoms with Crippen LogP contribution < -0.4 is 11.1 Å². The summed E-state index contributed by atoms with van der Waals surface area (Å²) in [5.74, 6) is 1.24. The fourth-order valence-corrected chi connectivity index (χ4v) is 3.00. The van der Waals surface area contributed by atoms with E-state index in [-0.39, 0.29) is 12.5 Å². The second-order valence-corrected chi connectivity index (χ2v) is 6.24. The highest BCUT2D eigenvalue weighted by atomic mass is 16.2. The minimum absolute atomic E-state index is 0.0243. The summed E-state index contributed by atoms with van der Waals surface area (Å²) in [4.78, 5) is 12.1. The molecule has 6 nitrogen and oxygen atoms in total. The lowest BCUT2D eigenvalue weighted by Gasteiger charge is -2.34. The highest BCUT2D eigenvalue weighted by molar-refractivity contribution is 5.76. The Morgan fingerprint density at radius 3 is 3.05 bits per heavy atom. The van der Waals surface area contributed by atoms with Gasteiger partial charge in [-0.15, -0.1) is 5.10 Å². The summed E-state index contributed by atoms with van der Waals surface area (Å²) in [6.45, 7) is 5.39. The molecule has 1 fully saturated rings. The van der Waals surface area contributed by atoms with Gasteiger partial charge < -0.3 is 11.1 Å². The van der Waals surface area contributed by atoms with Gasteiger partial charge in [0.2, 0.25) is 5.91 Å². The molecule has 0 aliphatic heterocycles. The van der Waals surface area contributed by atoms with Gasteiger partial charge in [0.25, 0.3) is 0 Å². The Labute approximate surface area is 126 Å². The van der Waals surface area contributed by atoms with Gasteiger partial charge in [0, 0.05) is 12.2 Å². The number of hydrogen-bond donors (Lipinski definition) is 2. The predicted octanol–water partition coefficient (Wildman–Crippen LogP) is 1.11. The summed E-state index contributed by atoms with van der Waals surface area (Å²) in [5, 5.41) is 11.2. The van der Waals surface area contributed by atoms with Crippen molar-refractivity contribution in [2.45, 2.75) is 58.5 Å². The van der Waals surface area contributed by atoms with Gasteiger partial charge in [-0.3, -0.25) is 4.79 Å². The molecule has 3 unspecified atom stereocenters. The molecule has 0 saturated heterocycles. The van der Waals surface area contributed by atoms with Crippen molar-refractivity contribution in [3.63, 3.8) is 0 Å². The zero-order chi connectivity index (χ0) is 15.2. The van der Waals surface area contributed by atoms with Crippen molar-refractivity contribution >= 4 is 5.91 Å². The Bertz CT molecular complexity index is 459. The molecule has 1 aliphatic carbocycles. The van der Waals surface area contributed by atoms with E-state index in [2.05, 4.69) is 29.5 Å². The topological polar surface area (TPSA) is 85.8 Å². The average Bonchev–Trinajstić information content (AvgIpc) is 2.89.